The summed E-state index contributed by atoms with van der Waals surface area (Å²) in [5, 5.41) is 0. The summed E-state index contributed by atoms with van der Waals surface area (Å²) >= 11 is 0. The molecule has 3 rings (SSSR count). The Hall–Kier alpha value is -2.49. The Balaban J connectivity index is 1.95. The van der Waals surface area contributed by atoms with Crippen LogP contribution in [0.15, 0.2) is 66.7 Å². The average Bonchev–Trinajstić information content (AvgIpc) is 3.14. The Morgan fingerprint density at radius 2 is 1.61 bits per heavy atom. The van der Waals surface area contributed by atoms with Crippen LogP contribution in [0.25, 0.3) is 12.2 Å². The lowest BCUT2D eigenvalue weighted by Gasteiger charge is -2.12. The van der Waals surface area contributed by atoms with Crippen LogP contribution in [0.2, 0.25) is 0 Å². The second-order valence-corrected chi connectivity index (χ2v) is 5.43. The first-order valence-electron chi connectivity index (χ1n) is 7.56. The molecule has 0 saturated carbocycles. The number of ketones is 1. The van der Waals surface area contributed by atoms with Gasteiger partial charge in [-0.25, -0.2) is 9.78 Å². The quantitative estimate of drug-likeness (QED) is 0.472. The van der Waals surface area contributed by atoms with E-state index in [-0.39, 0.29) is 11.7 Å². The van der Waals surface area contributed by atoms with Gasteiger partial charge in [0.1, 0.15) is 0 Å². The first-order chi connectivity index (χ1) is 11.3. The van der Waals surface area contributed by atoms with Crippen LogP contribution >= 0.6 is 0 Å². The first kappa shape index (κ1) is 15.4. The molecular weight excluding hydrogens is 288 g/mol. The first-order valence-corrected chi connectivity index (χ1v) is 7.56. The summed E-state index contributed by atoms with van der Waals surface area (Å²) in [7, 11) is 0. The zero-order chi connectivity index (χ0) is 16.1. The Kier molecular flexibility index (Phi) is 4.81. The van der Waals surface area contributed by atoms with Crippen LogP contribution < -0.4 is 0 Å². The molecule has 1 aliphatic heterocycles. The van der Waals surface area contributed by atoms with Crippen molar-refractivity contribution < 1.29 is 14.6 Å². The fourth-order valence-electron chi connectivity index (χ4n) is 2.52. The van der Waals surface area contributed by atoms with Gasteiger partial charge in [0.05, 0.1) is 13.2 Å². The van der Waals surface area contributed by atoms with Crippen molar-refractivity contribution in [3.05, 3.63) is 83.4 Å². The van der Waals surface area contributed by atoms with Crippen molar-refractivity contribution in [3.63, 3.8) is 0 Å². The molecule has 2 aromatic rings. The lowest BCUT2D eigenvalue weighted by molar-refractivity contribution is -0.248. The minimum absolute atomic E-state index is 0.00330. The molecular formula is C20H18O3. The smallest absolute Gasteiger partial charge is 0.189 e. The summed E-state index contributed by atoms with van der Waals surface area (Å²) in [4.78, 5) is 22.9. The van der Waals surface area contributed by atoms with E-state index in [1.807, 2.05) is 60.7 Å². The third-order valence-corrected chi connectivity index (χ3v) is 3.85. The molecule has 0 aromatic heterocycles. The zero-order valence-electron chi connectivity index (χ0n) is 12.8. The molecule has 1 aliphatic rings. The highest BCUT2D eigenvalue weighted by molar-refractivity contribution is 6.11. The van der Waals surface area contributed by atoms with E-state index in [1.54, 1.807) is 6.08 Å². The third kappa shape index (κ3) is 3.65. The van der Waals surface area contributed by atoms with Crippen LogP contribution in [0.3, 0.4) is 0 Å². The van der Waals surface area contributed by atoms with E-state index in [1.165, 1.54) is 0 Å². The molecule has 0 radical (unpaired) electrons. The fourth-order valence-corrected chi connectivity index (χ4v) is 2.52. The fraction of sp³-hybridized carbons (Fsp3) is 0.150. The van der Waals surface area contributed by atoms with E-state index in [9.17, 15) is 4.79 Å². The molecule has 1 heterocycles. The molecule has 0 aliphatic carbocycles. The number of benzene rings is 2. The Labute approximate surface area is 135 Å². The van der Waals surface area contributed by atoms with Crippen molar-refractivity contribution in [1.82, 2.24) is 0 Å². The maximum Gasteiger partial charge on any atom is 0.189 e. The van der Waals surface area contributed by atoms with Crippen LogP contribution in [-0.4, -0.2) is 19.0 Å². The van der Waals surface area contributed by atoms with Crippen LogP contribution in [-0.2, 0) is 9.78 Å². The van der Waals surface area contributed by atoms with Crippen molar-refractivity contribution in [3.8, 4) is 0 Å². The maximum atomic E-state index is 12.9. The summed E-state index contributed by atoms with van der Waals surface area (Å²) in [5.74, 6) is -0.0506. The summed E-state index contributed by atoms with van der Waals surface area (Å²) in [6.07, 6.45) is 3.68. The van der Waals surface area contributed by atoms with E-state index in [0.717, 1.165) is 11.1 Å². The van der Waals surface area contributed by atoms with Gasteiger partial charge < -0.3 is 0 Å². The normalized spacial score (nSPS) is 15.6. The van der Waals surface area contributed by atoms with E-state index in [0.29, 0.717) is 24.4 Å². The van der Waals surface area contributed by atoms with Gasteiger partial charge in [-0.3, -0.25) is 4.79 Å². The highest BCUT2D eigenvalue weighted by Gasteiger charge is 2.27. The molecule has 0 spiro atoms. The minimum Gasteiger partial charge on any atom is -0.289 e. The Bertz CT molecular complexity index is 708. The molecule has 0 bridgehead atoms. The maximum absolute atomic E-state index is 12.9. The molecule has 3 heteroatoms. The van der Waals surface area contributed by atoms with Gasteiger partial charge in [-0.15, -0.1) is 0 Å². The number of Topliss-reactive ketones (excluding diaryl/α,β-unsaturated/α-hetero) is 1. The van der Waals surface area contributed by atoms with Gasteiger partial charge in [0.2, 0.25) is 0 Å². The molecule has 116 valence electrons. The van der Waals surface area contributed by atoms with Crippen LogP contribution in [0.4, 0.5) is 0 Å². The predicted molar refractivity (Wildman–Crippen MR) is 90.7 cm³/mol. The largest absolute Gasteiger partial charge is 0.289 e. The molecule has 1 saturated heterocycles. The lowest BCUT2D eigenvalue weighted by Crippen LogP contribution is -2.16. The van der Waals surface area contributed by atoms with Gasteiger partial charge in [0.15, 0.2) is 5.78 Å². The molecule has 0 N–H and O–H groups in total. The number of hydrogen-bond donors (Lipinski definition) is 0. The average molecular weight is 306 g/mol. The molecule has 23 heavy (non-hydrogen) atoms. The summed E-state index contributed by atoms with van der Waals surface area (Å²) in [6.45, 7) is 4.53. The van der Waals surface area contributed by atoms with Gasteiger partial charge in [-0.2, -0.15) is 0 Å². The molecule has 0 amide bonds. The summed E-state index contributed by atoms with van der Waals surface area (Å²) < 4.78 is 0. The van der Waals surface area contributed by atoms with Crippen molar-refractivity contribution in [1.29, 1.82) is 0 Å². The molecule has 0 atom stereocenters. The Morgan fingerprint density at radius 3 is 2.22 bits per heavy atom. The van der Waals surface area contributed by atoms with Gasteiger partial charge in [0, 0.05) is 17.1 Å². The van der Waals surface area contributed by atoms with Crippen molar-refractivity contribution in [2.45, 2.75) is 0 Å². The molecule has 2 aromatic carbocycles. The minimum atomic E-state index is -0.0539. The second-order valence-electron chi connectivity index (χ2n) is 5.43. The van der Waals surface area contributed by atoms with Crippen LogP contribution in [0.1, 0.15) is 21.5 Å². The van der Waals surface area contributed by atoms with Crippen LogP contribution in [0, 0.1) is 5.92 Å². The van der Waals surface area contributed by atoms with Crippen LogP contribution in [0.5, 0.6) is 0 Å². The molecule has 1 fully saturated rings. The van der Waals surface area contributed by atoms with Gasteiger partial charge in [-0.1, -0.05) is 67.3 Å². The topological polar surface area (TPSA) is 35.5 Å². The van der Waals surface area contributed by atoms with Crippen molar-refractivity contribution >= 4 is 17.9 Å². The third-order valence-electron chi connectivity index (χ3n) is 3.85. The highest BCUT2D eigenvalue weighted by atomic mass is 17.2. The highest BCUT2D eigenvalue weighted by Crippen LogP contribution is 2.25. The molecule has 3 nitrogen and oxygen atoms in total. The SMILES string of the molecule is C=Cc1ccc(C(=O)C(=Cc2ccccc2)C2COOC2)cc1. The predicted octanol–water partition coefficient (Wildman–Crippen LogP) is 4.17. The number of carbonyl (C=O) groups excluding carboxylic acids is 1. The number of hydrogen-bond acceptors (Lipinski definition) is 3. The summed E-state index contributed by atoms with van der Waals surface area (Å²) in [5.41, 5.74) is 3.35. The number of rotatable bonds is 5. The van der Waals surface area contributed by atoms with E-state index in [2.05, 4.69) is 6.58 Å². The van der Waals surface area contributed by atoms with Crippen molar-refractivity contribution in [2.75, 3.05) is 13.2 Å². The Morgan fingerprint density at radius 1 is 0.957 bits per heavy atom. The second kappa shape index (κ2) is 7.18. The number of carbonyl (C=O) groups is 1. The van der Waals surface area contributed by atoms with E-state index < -0.39 is 0 Å². The van der Waals surface area contributed by atoms with Gasteiger partial charge in [-0.05, 0) is 17.2 Å². The van der Waals surface area contributed by atoms with E-state index in [4.69, 9.17) is 9.78 Å². The van der Waals surface area contributed by atoms with E-state index >= 15 is 0 Å². The summed E-state index contributed by atoms with van der Waals surface area (Å²) in [6, 6.07) is 17.3. The van der Waals surface area contributed by atoms with Gasteiger partial charge in [0.25, 0.3) is 0 Å². The monoisotopic (exact) mass is 306 g/mol. The van der Waals surface area contributed by atoms with Gasteiger partial charge >= 0.3 is 0 Å². The zero-order valence-corrected chi connectivity index (χ0v) is 12.8. The molecule has 0 unspecified atom stereocenters. The van der Waals surface area contributed by atoms with Crippen molar-refractivity contribution in [2.24, 2.45) is 5.92 Å². The standard InChI is InChI=1S/C20H18O3/c1-2-15-8-10-17(11-9-15)20(21)19(18-13-22-23-14-18)12-16-6-4-3-5-7-16/h2-12,18H,1,13-14H2. The lowest BCUT2D eigenvalue weighted by atomic mass is 9.91.